The van der Waals surface area contributed by atoms with Crippen molar-refractivity contribution in [2.75, 3.05) is 12.0 Å². The Hall–Kier alpha value is -3.84. The SMILES string of the molecule is COc1ccc(N2Cc3ccc(CN4Cc5ccc(CO)cc5C4=O)cc3C2=O)cc1OC1CCCC1. The highest BCUT2D eigenvalue weighted by molar-refractivity contribution is 6.10. The molecule has 3 aromatic carbocycles. The normalized spacial score (nSPS) is 16.9. The highest BCUT2D eigenvalue weighted by Crippen LogP contribution is 2.38. The summed E-state index contributed by atoms with van der Waals surface area (Å²) in [7, 11) is 1.63. The van der Waals surface area contributed by atoms with Gasteiger partial charge in [0.1, 0.15) is 0 Å². The van der Waals surface area contributed by atoms with Crippen molar-refractivity contribution < 1.29 is 24.2 Å². The summed E-state index contributed by atoms with van der Waals surface area (Å²) in [5.41, 5.74) is 5.65. The Bertz CT molecular complexity index is 1380. The Morgan fingerprint density at radius 1 is 0.838 bits per heavy atom. The third kappa shape index (κ3) is 4.33. The Morgan fingerprint density at radius 3 is 2.30 bits per heavy atom. The average molecular weight is 499 g/mol. The van der Waals surface area contributed by atoms with Gasteiger partial charge in [-0.15, -0.1) is 0 Å². The van der Waals surface area contributed by atoms with Gasteiger partial charge in [0.05, 0.1) is 26.4 Å². The summed E-state index contributed by atoms with van der Waals surface area (Å²) in [5, 5.41) is 9.41. The van der Waals surface area contributed by atoms with E-state index < -0.39 is 0 Å². The Morgan fingerprint density at radius 2 is 1.54 bits per heavy atom. The number of amides is 2. The molecule has 6 rings (SSSR count). The van der Waals surface area contributed by atoms with Gasteiger partial charge in [0.25, 0.3) is 11.8 Å². The van der Waals surface area contributed by atoms with Crippen LogP contribution < -0.4 is 14.4 Å². The zero-order valence-corrected chi connectivity index (χ0v) is 20.9. The van der Waals surface area contributed by atoms with Gasteiger partial charge in [0.15, 0.2) is 11.5 Å². The van der Waals surface area contributed by atoms with Crippen molar-refractivity contribution in [3.05, 3.63) is 88.0 Å². The lowest BCUT2D eigenvalue weighted by atomic mass is 10.1. The van der Waals surface area contributed by atoms with Crippen molar-refractivity contribution in [3.63, 3.8) is 0 Å². The van der Waals surface area contributed by atoms with Gasteiger partial charge in [-0.1, -0.05) is 24.3 Å². The number of benzene rings is 3. The van der Waals surface area contributed by atoms with Gasteiger partial charge in [-0.2, -0.15) is 0 Å². The van der Waals surface area contributed by atoms with Gasteiger partial charge in [0, 0.05) is 36.0 Å². The molecule has 7 nitrogen and oxygen atoms in total. The van der Waals surface area contributed by atoms with Crippen molar-refractivity contribution >= 4 is 17.5 Å². The molecule has 37 heavy (non-hydrogen) atoms. The molecule has 0 aromatic heterocycles. The van der Waals surface area contributed by atoms with E-state index in [-0.39, 0.29) is 24.5 Å². The lowest BCUT2D eigenvalue weighted by Gasteiger charge is -2.20. The van der Waals surface area contributed by atoms with Gasteiger partial charge < -0.3 is 24.4 Å². The van der Waals surface area contributed by atoms with Crippen LogP contribution >= 0.6 is 0 Å². The maximum atomic E-state index is 13.5. The molecule has 190 valence electrons. The minimum atomic E-state index is -0.0909. The molecular formula is C30H30N2O5. The van der Waals surface area contributed by atoms with Gasteiger partial charge >= 0.3 is 0 Å². The highest BCUT2D eigenvalue weighted by Gasteiger charge is 2.31. The van der Waals surface area contributed by atoms with Gasteiger partial charge in [-0.25, -0.2) is 0 Å². The fraction of sp³-hybridized carbons (Fsp3) is 0.333. The van der Waals surface area contributed by atoms with E-state index in [0.29, 0.717) is 42.3 Å². The molecule has 0 atom stereocenters. The molecule has 3 aliphatic rings. The van der Waals surface area contributed by atoms with Crippen LogP contribution in [0.1, 0.15) is 68.7 Å². The quantitative estimate of drug-likeness (QED) is 0.505. The number of aliphatic hydroxyl groups is 1. The zero-order chi connectivity index (χ0) is 25.5. The predicted molar refractivity (Wildman–Crippen MR) is 139 cm³/mol. The number of carbonyl (C=O) groups is 2. The molecule has 1 N–H and O–H groups in total. The van der Waals surface area contributed by atoms with Crippen molar-refractivity contribution in [3.8, 4) is 11.5 Å². The Balaban J connectivity index is 1.20. The van der Waals surface area contributed by atoms with E-state index in [1.54, 1.807) is 23.0 Å². The van der Waals surface area contributed by atoms with Crippen LogP contribution in [0, 0.1) is 0 Å². The minimum absolute atomic E-state index is 0.0493. The summed E-state index contributed by atoms with van der Waals surface area (Å²) >= 11 is 0. The first-order chi connectivity index (χ1) is 18.0. The number of nitrogens with zero attached hydrogens (tertiary/aromatic N) is 2. The molecule has 0 bridgehead atoms. The van der Waals surface area contributed by atoms with Crippen LogP contribution in [-0.4, -0.2) is 35.0 Å². The fourth-order valence-electron chi connectivity index (χ4n) is 5.62. The summed E-state index contributed by atoms with van der Waals surface area (Å²) in [6.07, 6.45) is 4.61. The molecule has 1 saturated carbocycles. The van der Waals surface area contributed by atoms with E-state index in [1.807, 2.05) is 48.5 Å². The summed E-state index contributed by atoms with van der Waals surface area (Å²) in [6, 6.07) is 17.1. The van der Waals surface area contributed by atoms with E-state index in [9.17, 15) is 14.7 Å². The van der Waals surface area contributed by atoms with Crippen molar-refractivity contribution in [1.29, 1.82) is 0 Å². The van der Waals surface area contributed by atoms with Crippen LogP contribution in [0.15, 0.2) is 54.6 Å². The van der Waals surface area contributed by atoms with E-state index in [4.69, 9.17) is 9.47 Å². The van der Waals surface area contributed by atoms with E-state index in [0.717, 1.165) is 40.8 Å². The summed E-state index contributed by atoms with van der Waals surface area (Å²) in [5.74, 6) is 1.24. The van der Waals surface area contributed by atoms with Crippen LogP contribution in [0.25, 0.3) is 0 Å². The minimum Gasteiger partial charge on any atom is -0.493 e. The molecule has 0 spiro atoms. The second kappa shape index (κ2) is 9.56. The fourth-order valence-corrected chi connectivity index (χ4v) is 5.62. The lowest BCUT2D eigenvalue weighted by molar-refractivity contribution is 0.0766. The number of hydrogen-bond donors (Lipinski definition) is 1. The largest absolute Gasteiger partial charge is 0.493 e. The topological polar surface area (TPSA) is 79.3 Å². The number of rotatable bonds is 7. The summed E-state index contributed by atoms with van der Waals surface area (Å²) < 4.78 is 11.8. The second-order valence-electron chi connectivity index (χ2n) is 10.1. The number of fused-ring (bicyclic) bond motifs is 2. The first-order valence-corrected chi connectivity index (χ1v) is 12.8. The highest BCUT2D eigenvalue weighted by atomic mass is 16.5. The Kier molecular flexibility index (Phi) is 6.08. The number of hydrogen-bond acceptors (Lipinski definition) is 5. The molecule has 1 fully saturated rings. The molecule has 0 saturated heterocycles. The second-order valence-corrected chi connectivity index (χ2v) is 10.1. The smallest absolute Gasteiger partial charge is 0.258 e. The monoisotopic (exact) mass is 498 g/mol. The number of aliphatic hydroxyl groups excluding tert-OH is 1. The molecule has 2 heterocycles. The number of carbonyl (C=O) groups excluding carboxylic acids is 2. The van der Waals surface area contributed by atoms with E-state index in [2.05, 4.69) is 0 Å². The number of ether oxygens (including phenoxy) is 2. The standard InChI is InChI=1S/C30H30N2O5/c1-36-27-11-10-23(14-28(27)37-24-4-2-3-5-24)32-17-22-8-6-19(12-26(22)30(32)35)15-31-16-21-9-7-20(18-33)13-25(21)29(31)34/h6-14,24,33H,2-5,15-18H2,1H3. The average Bonchev–Trinajstić information content (AvgIpc) is 3.63. The molecule has 2 aliphatic heterocycles. The molecular weight excluding hydrogens is 468 g/mol. The first-order valence-electron chi connectivity index (χ1n) is 12.8. The van der Waals surface area contributed by atoms with Crippen LogP contribution in [0.4, 0.5) is 5.69 Å². The molecule has 0 unspecified atom stereocenters. The van der Waals surface area contributed by atoms with E-state index >= 15 is 0 Å². The van der Waals surface area contributed by atoms with Crippen molar-refractivity contribution in [1.82, 2.24) is 4.90 Å². The number of anilines is 1. The molecule has 7 heteroatoms. The lowest BCUT2D eigenvalue weighted by Crippen LogP contribution is -2.24. The van der Waals surface area contributed by atoms with E-state index in [1.165, 1.54) is 12.8 Å². The summed E-state index contributed by atoms with van der Waals surface area (Å²) in [4.78, 5) is 30.0. The van der Waals surface area contributed by atoms with Crippen molar-refractivity contribution in [2.24, 2.45) is 0 Å². The maximum Gasteiger partial charge on any atom is 0.258 e. The molecule has 2 amide bonds. The van der Waals surface area contributed by atoms with Crippen LogP contribution in [0.5, 0.6) is 11.5 Å². The van der Waals surface area contributed by atoms with Crippen LogP contribution in [0.3, 0.4) is 0 Å². The van der Waals surface area contributed by atoms with Gasteiger partial charge in [-0.3, -0.25) is 9.59 Å². The van der Waals surface area contributed by atoms with Crippen molar-refractivity contribution in [2.45, 2.75) is 58.0 Å². The third-order valence-electron chi connectivity index (χ3n) is 7.64. The third-order valence-corrected chi connectivity index (χ3v) is 7.64. The Labute approximate surface area is 216 Å². The molecule has 3 aromatic rings. The maximum absolute atomic E-state index is 13.5. The molecule has 0 radical (unpaired) electrons. The number of methoxy groups -OCH3 is 1. The first kappa shape index (κ1) is 23.6. The van der Waals surface area contributed by atoms with Gasteiger partial charge in [0.2, 0.25) is 0 Å². The predicted octanol–water partition coefficient (Wildman–Crippen LogP) is 4.83. The van der Waals surface area contributed by atoms with Crippen LogP contribution in [-0.2, 0) is 26.2 Å². The van der Waals surface area contributed by atoms with Gasteiger partial charge in [-0.05, 0) is 72.2 Å². The van der Waals surface area contributed by atoms with Crippen LogP contribution in [0.2, 0.25) is 0 Å². The summed E-state index contributed by atoms with van der Waals surface area (Å²) in [6.45, 7) is 1.34. The molecule has 1 aliphatic carbocycles. The zero-order valence-electron chi connectivity index (χ0n) is 20.9.